The van der Waals surface area contributed by atoms with Crippen LogP contribution in [0.25, 0.3) is 0 Å². The van der Waals surface area contributed by atoms with Gasteiger partial charge >= 0.3 is 0 Å². The Hall–Kier alpha value is -3.52. The van der Waals surface area contributed by atoms with E-state index in [1.807, 2.05) is 36.4 Å². The summed E-state index contributed by atoms with van der Waals surface area (Å²) in [7, 11) is 4.68. The van der Waals surface area contributed by atoms with E-state index in [0.717, 1.165) is 5.69 Å². The maximum absolute atomic E-state index is 13.5. The molecule has 32 heavy (non-hydrogen) atoms. The number of amides is 2. The van der Waals surface area contributed by atoms with Crippen molar-refractivity contribution in [2.24, 2.45) is 11.8 Å². The zero-order valence-corrected chi connectivity index (χ0v) is 18.0. The molecule has 8 heteroatoms. The summed E-state index contributed by atoms with van der Waals surface area (Å²) in [4.78, 5) is 28.5. The highest BCUT2D eigenvalue weighted by Gasteiger charge is 2.67. The number of carbonyl (C=O) groups is 2. The zero-order valence-electron chi connectivity index (χ0n) is 18.0. The van der Waals surface area contributed by atoms with Crippen LogP contribution in [0, 0.1) is 11.8 Å². The molecule has 0 unspecified atom stereocenters. The van der Waals surface area contributed by atoms with E-state index in [1.54, 1.807) is 37.3 Å². The molecule has 2 saturated heterocycles. The molecule has 3 aliphatic rings. The Balaban J connectivity index is 1.41. The number of carbonyl (C=O) groups excluding carboxylic acids is 2. The van der Waals surface area contributed by atoms with Crippen LogP contribution in [0.4, 0.5) is 11.4 Å². The fraction of sp³-hybridized carbons (Fsp3) is 0.333. The molecule has 0 radical (unpaired) electrons. The molecular weight excluding hydrogens is 412 g/mol. The molecule has 2 fully saturated rings. The third-order valence-corrected chi connectivity index (χ3v) is 6.45. The van der Waals surface area contributed by atoms with Crippen molar-refractivity contribution < 1.29 is 28.5 Å². The molecule has 2 bridgehead atoms. The minimum absolute atomic E-state index is 0.121. The van der Waals surface area contributed by atoms with Gasteiger partial charge in [0, 0.05) is 11.8 Å². The first-order chi connectivity index (χ1) is 15.5. The van der Waals surface area contributed by atoms with Crippen molar-refractivity contribution in [3.8, 4) is 17.2 Å². The molecule has 8 nitrogen and oxygen atoms in total. The van der Waals surface area contributed by atoms with Crippen LogP contribution in [0.5, 0.6) is 17.2 Å². The molecule has 1 spiro atoms. The number of benzene rings is 2. The fourth-order valence-corrected chi connectivity index (χ4v) is 4.90. The average Bonchev–Trinajstić information content (AvgIpc) is 3.47. The maximum Gasteiger partial charge on any atom is 0.234 e. The monoisotopic (exact) mass is 436 g/mol. The lowest BCUT2D eigenvalue weighted by molar-refractivity contribution is -0.128. The van der Waals surface area contributed by atoms with Gasteiger partial charge in [0.15, 0.2) is 0 Å². The Morgan fingerprint density at radius 2 is 1.78 bits per heavy atom. The van der Waals surface area contributed by atoms with Gasteiger partial charge < -0.3 is 29.2 Å². The van der Waals surface area contributed by atoms with Crippen molar-refractivity contribution in [2.45, 2.75) is 11.7 Å². The second-order valence-corrected chi connectivity index (χ2v) is 8.08. The van der Waals surface area contributed by atoms with Crippen LogP contribution in [0.3, 0.4) is 0 Å². The maximum atomic E-state index is 13.5. The molecule has 0 saturated carbocycles. The van der Waals surface area contributed by atoms with Crippen LogP contribution in [0.15, 0.2) is 54.6 Å². The molecule has 3 aliphatic heterocycles. The molecule has 1 N–H and O–H groups in total. The van der Waals surface area contributed by atoms with Gasteiger partial charge in [0.25, 0.3) is 0 Å². The summed E-state index contributed by atoms with van der Waals surface area (Å²) in [6.07, 6.45) is 3.38. The minimum Gasteiger partial charge on any atom is -0.497 e. The second-order valence-electron chi connectivity index (χ2n) is 8.08. The fourth-order valence-electron chi connectivity index (χ4n) is 4.90. The van der Waals surface area contributed by atoms with E-state index < -0.39 is 23.5 Å². The average molecular weight is 436 g/mol. The molecule has 0 aliphatic carbocycles. The van der Waals surface area contributed by atoms with Gasteiger partial charge in [-0.2, -0.15) is 0 Å². The number of anilines is 2. The summed E-state index contributed by atoms with van der Waals surface area (Å²) in [6.45, 7) is 0.367. The molecular formula is C24H24N2O6. The van der Waals surface area contributed by atoms with E-state index in [2.05, 4.69) is 5.32 Å². The van der Waals surface area contributed by atoms with E-state index >= 15 is 0 Å². The Morgan fingerprint density at radius 3 is 2.47 bits per heavy atom. The Morgan fingerprint density at radius 1 is 1.06 bits per heavy atom. The van der Waals surface area contributed by atoms with E-state index in [-0.39, 0.29) is 11.8 Å². The molecule has 4 atom stereocenters. The molecule has 166 valence electrons. The molecule has 3 heterocycles. The highest BCUT2D eigenvalue weighted by molar-refractivity contribution is 6.05. The second kappa shape index (κ2) is 7.56. The van der Waals surface area contributed by atoms with Crippen molar-refractivity contribution in [3.63, 3.8) is 0 Å². The van der Waals surface area contributed by atoms with Crippen LogP contribution in [0.1, 0.15) is 0 Å². The van der Waals surface area contributed by atoms with Crippen LogP contribution in [-0.4, -0.2) is 51.4 Å². The summed E-state index contributed by atoms with van der Waals surface area (Å²) < 4.78 is 22.0. The van der Waals surface area contributed by atoms with Crippen LogP contribution in [-0.2, 0) is 14.3 Å². The van der Waals surface area contributed by atoms with Crippen molar-refractivity contribution >= 4 is 23.2 Å². The van der Waals surface area contributed by atoms with Crippen LogP contribution in [0.2, 0.25) is 0 Å². The van der Waals surface area contributed by atoms with Crippen molar-refractivity contribution in [3.05, 3.63) is 54.6 Å². The van der Waals surface area contributed by atoms with Gasteiger partial charge in [-0.05, 0) is 36.4 Å². The topological polar surface area (TPSA) is 86.3 Å². The molecule has 2 amide bonds. The SMILES string of the molecule is COc1ccc(N2C[C@]34C=C[C@H](O3)[C@H](C(=O)Nc3ccc(OC)cc3OC)[C@H]4C2=O)cc1. The van der Waals surface area contributed by atoms with Crippen molar-refractivity contribution in [1.82, 2.24) is 0 Å². The number of nitrogens with one attached hydrogen (secondary N) is 1. The Bertz CT molecular complexity index is 1100. The van der Waals surface area contributed by atoms with Crippen LogP contribution < -0.4 is 24.4 Å². The minimum atomic E-state index is -0.798. The van der Waals surface area contributed by atoms with E-state index in [1.165, 1.54) is 7.11 Å². The lowest BCUT2D eigenvalue weighted by Crippen LogP contribution is -2.41. The quantitative estimate of drug-likeness (QED) is 0.701. The normalized spacial score (nSPS) is 27.4. The zero-order chi connectivity index (χ0) is 22.5. The first kappa shape index (κ1) is 20.4. The Kier molecular flexibility index (Phi) is 4.82. The standard InChI is InChI=1S/C24H24N2O6/c1-29-15-6-4-14(5-7-15)26-13-24-11-10-18(32-24)20(21(24)23(26)28)22(27)25-17-9-8-16(30-2)12-19(17)31-3/h4-12,18,20-21H,13H2,1-3H3,(H,25,27)/t18-,20-,21-,24-/m0/s1. The summed E-state index contributed by atoms with van der Waals surface area (Å²) in [5.41, 5.74) is 0.459. The van der Waals surface area contributed by atoms with Gasteiger partial charge in [-0.3, -0.25) is 9.59 Å². The summed E-state index contributed by atoms with van der Waals surface area (Å²) >= 11 is 0. The number of hydrogen-bond acceptors (Lipinski definition) is 6. The number of ether oxygens (including phenoxy) is 4. The number of fused-ring (bicyclic) bond motifs is 1. The number of rotatable bonds is 6. The van der Waals surface area contributed by atoms with Crippen molar-refractivity contribution in [2.75, 3.05) is 38.1 Å². The van der Waals surface area contributed by atoms with Gasteiger partial charge in [-0.15, -0.1) is 0 Å². The Labute approximate surface area is 185 Å². The highest BCUT2D eigenvalue weighted by atomic mass is 16.5. The van der Waals surface area contributed by atoms with Gasteiger partial charge in [0.1, 0.15) is 22.8 Å². The largest absolute Gasteiger partial charge is 0.497 e. The number of methoxy groups -OCH3 is 3. The van der Waals surface area contributed by atoms with E-state index in [0.29, 0.717) is 29.5 Å². The van der Waals surface area contributed by atoms with E-state index in [9.17, 15) is 9.59 Å². The summed E-state index contributed by atoms with van der Waals surface area (Å²) in [6, 6.07) is 12.4. The van der Waals surface area contributed by atoms with Gasteiger partial charge in [-0.1, -0.05) is 12.2 Å². The van der Waals surface area contributed by atoms with Gasteiger partial charge in [-0.25, -0.2) is 0 Å². The lowest BCUT2D eigenvalue weighted by Gasteiger charge is -2.24. The number of hydrogen-bond donors (Lipinski definition) is 1. The third-order valence-electron chi connectivity index (χ3n) is 6.45. The molecule has 5 rings (SSSR count). The number of nitrogens with zero attached hydrogens (tertiary/aromatic N) is 1. The predicted octanol–water partition coefficient (Wildman–Crippen LogP) is 2.64. The summed E-state index contributed by atoms with van der Waals surface area (Å²) in [5, 5.41) is 2.92. The third kappa shape index (κ3) is 3.02. The summed E-state index contributed by atoms with van der Waals surface area (Å²) in [5.74, 6) is 0.173. The first-order valence-corrected chi connectivity index (χ1v) is 10.3. The smallest absolute Gasteiger partial charge is 0.234 e. The molecule has 2 aromatic carbocycles. The molecule has 2 aromatic rings. The first-order valence-electron chi connectivity index (χ1n) is 10.3. The highest BCUT2D eigenvalue weighted by Crippen LogP contribution is 2.53. The van der Waals surface area contributed by atoms with Crippen molar-refractivity contribution in [1.29, 1.82) is 0 Å². The van der Waals surface area contributed by atoms with Crippen LogP contribution >= 0.6 is 0 Å². The predicted molar refractivity (Wildman–Crippen MR) is 117 cm³/mol. The van der Waals surface area contributed by atoms with Gasteiger partial charge in [0.2, 0.25) is 11.8 Å². The lowest BCUT2D eigenvalue weighted by atomic mass is 9.76. The van der Waals surface area contributed by atoms with Gasteiger partial charge in [0.05, 0.1) is 51.5 Å². The molecule has 0 aromatic heterocycles. The van der Waals surface area contributed by atoms with E-state index in [4.69, 9.17) is 18.9 Å².